The summed E-state index contributed by atoms with van der Waals surface area (Å²) in [4.78, 5) is 23.8. The number of amides is 1. The number of carbonyl (C=O) groups is 2. The Morgan fingerprint density at radius 2 is 2.08 bits per heavy atom. The number of hydrogen-bond donors (Lipinski definition) is 2. The van der Waals surface area contributed by atoms with E-state index in [1.165, 1.54) is 0 Å². The Labute approximate surface area is 142 Å². The Morgan fingerprint density at radius 3 is 2.67 bits per heavy atom. The van der Waals surface area contributed by atoms with Crippen LogP contribution in [0.25, 0.3) is 0 Å². The van der Waals surface area contributed by atoms with E-state index in [2.05, 4.69) is 5.32 Å². The molecule has 24 heavy (non-hydrogen) atoms. The average molecular weight is 331 g/mol. The first-order valence-corrected chi connectivity index (χ1v) is 8.69. The molecule has 1 amide bonds. The summed E-state index contributed by atoms with van der Waals surface area (Å²) in [5.74, 6) is -0.835. The topological polar surface area (TPSA) is 75.6 Å². The molecule has 2 aliphatic rings. The lowest BCUT2D eigenvalue weighted by Gasteiger charge is -2.32. The van der Waals surface area contributed by atoms with Crippen molar-refractivity contribution in [2.75, 3.05) is 0 Å². The highest BCUT2D eigenvalue weighted by Gasteiger charge is 2.53. The fourth-order valence-corrected chi connectivity index (χ4v) is 3.94. The molecule has 2 saturated heterocycles. The average Bonchev–Trinajstić information content (AvgIpc) is 3.14. The van der Waals surface area contributed by atoms with Gasteiger partial charge in [0.25, 0.3) is 0 Å². The molecule has 2 fully saturated rings. The van der Waals surface area contributed by atoms with Gasteiger partial charge in [-0.1, -0.05) is 30.3 Å². The molecule has 0 saturated carbocycles. The van der Waals surface area contributed by atoms with Gasteiger partial charge in [0, 0.05) is 12.5 Å². The summed E-state index contributed by atoms with van der Waals surface area (Å²) >= 11 is 0. The lowest BCUT2D eigenvalue weighted by Crippen LogP contribution is -2.49. The Morgan fingerprint density at radius 1 is 1.33 bits per heavy atom. The maximum Gasteiger partial charge on any atom is 0.303 e. The van der Waals surface area contributed by atoms with Crippen LogP contribution in [-0.2, 0) is 20.7 Å². The summed E-state index contributed by atoms with van der Waals surface area (Å²) < 4.78 is 5.85. The van der Waals surface area contributed by atoms with Gasteiger partial charge in [0.1, 0.15) is 0 Å². The molecule has 1 aromatic rings. The van der Waals surface area contributed by atoms with E-state index in [4.69, 9.17) is 9.84 Å². The number of carboxylic acid groups (broad SMARTS) is 1. The normalized spacial score (nSPS) is 29.4. The molecule has 2 N–H and O–H groups in total. The molecule has 2 aliphatic heterocycles. The third-order valence-electron chi connectivity index (χ3n) is 5.36. The maximum atomic E-state index is 12.9. The zero-order chi connectivity index (χ0) is 17.2. The Hall–Kier alpha value is -1.88. The van der Waals surface area contributed by atoms with Crippen LogP contribution in [0.2, 0.25) is 0 Å². The smallest absolute Gasteiger partial charge is 0.303 e. The minimum atomic E-state index is -0.836. The van der Waals surface area contributed by atoms with Gasteiger partial charge in [-0.3, -0.25) is 9.59 Å². The van der Waals surface area contributed by atoms with E-state index >= 15 is 0 Å². The number of rotatable bonds is 7. The van der Waals surface area contributed by atoms with E-state index in [9.17, 15) is 9.59 Å². The first-order chi connectivity index (χ1) is 11.5. The highest BCUT2D eigenvalue weighted by molar-refractivity contribution is 5.84. The molecule has 0 radical (unpaired) electrons. The van der Waals surface area contributed by atoms with Crippen molar-refractivity contribution in [3.63, 3.8) is 0 Å². The van der Waals surface area contributed by atoms with Crippen LogP contribution in [0.5, 0.6) is 0 Å². The number of benzene rings is 1. The Balaban J connectivity index is 1.66. The second-order valence-electron chi connectivity index (χ2n) is 7.24. The standard InChI is InChI=1S/C19H25NO4/c1-19(12-15-8-9-16(19)24-15)18(23)20-14(7-10-17(21)22)11-13-5-3-2-4-6-13/h2-6,14-16H,7-12H2,1H3,(H,20,23)(H,21,22). The molecular formula is C19H25NO4. The molecule has 0 aliphatic carbocycles. The number of carbonyl (C=O) groups excluding carboxylic acids is 1. The minimum absolute atomic E-state index is 0.000603. The second kappa shape index (κ2) is 6.93. The SMILES string of the molecule is CC1(C(=O)NC(CCC(=O)O)Cc2ccccc2)CC2CCC1O2. The van der Waals surface area contributed by atoms with Crippen LogP contribution in [0.15, 0.2) is 30.3 Å². The summed E-state index contributed by atoms with van der Waals surface area (Å²) in [5, 5.41) is 12.1. The molecule has 0 aromatic heterocycles. The van der Waals surface area contributed by atoms with E-state index < -0.39 is 11.4 Å². The Kier molecular flexibility index (Phi) is 4.90. The van der Waals surface area contributed by atoms with E-state index in [1.807, 2.05) is 37.3 Å². The van der Waals surface area contributed by atoms with Gasteiger partial charge in [0.15, 0.2) is 0 Å². The predicted molar refractivity (Wildman–Crippen MR) is 89.6 cm³/mol. The van der Waals surface area contributed by atoms with Crippen LogP contribution in [0.3, 0.4) is 0 Å². The molecule has 5 heteroatoms. The van der Waals surface area contributed by atoms with E-state index in [-0.39, 0.29) is 30.6 Å². The van der Waals surface area contributed by atoms with Crippen molar-refractivity contribution in [1.29, 1.82) is 0 Å². The van der Waals surface area contributed by atoms with Crippen molar-refractivity contribution < 1.29 is 19.4 Å². The molecule has 1 aromatic carbocycles. The number of ether oxygens (including phenoxy) is 1. The van der Waals surface area contributed by atoms with Crippen molar-refractivity contribution in [2.24, 2.45) is 5.41 Å². The van der Waals surface area contributed by atoms with Gasteiger partial charge in [-0.05, 0) is 44.6 Å². The number of aliphatic carboxylic acids is 1. The molecule has 5 nitrogen and oxygen atoms in total. The first kappa shape index (κ1) is 17.0. The fraction of sp³-hybridized carbons (Fsp3) is 0.579. The van der Waals surface area contributed by atoms with Crippen LogP contribution in [0.4, 0.5) is 0 Å². The minimum Gasteiger partial charge on any atom is -0.481 e. The highest BCUT2D eigenvalue weighted by atomic mass is 16.5. The van der Waals surface area contributed by atoms with Crippen LogP contribution >= 0.6 is 0 Å². The van der Waals surface area contributed by atoms with Gasteiger partial charge in [-0.25, -0.2) is 0 Å². The summed E-state index contributed by atoms with van der Waals surface area (Å²) in [5.41, 5.74) is 0.615. The fourth-order valence-electron chi connectivity index (χ4n) is 3.94. The number of carboxylic acids is 1. The summed E-state index contributed by atoms with van der Waals surface area (Å²) in [6.07, 6.45) is 4.08. The van der Waals surface area contributed by atoms with Gasteiger partial charge in [-0.15, -0.1) is 0 Å². The van der Waals surface area contributed by atoms with E-state index in [0.717, 1.165) is 24.8 Å². The molecule has 2 heterocycles. The van der Waals surface area contributed by atoms with E-state index in [1.54, 1.807) is 0 Å². The van der Waals surface area contributed by atoms with Gasteiger partial charge >= 0.3 is 5.97 Å². The number of hydrogen-bond acceptors (Lipinski definition) is 3. The van der Waals surface area contributed by atoms with Crippen LogP contribution in [-0.4, -0.2) is 35.2 Å². The maximum absolute atomic E-state index is 12.9. The zero-order valence-electron chi connectivity index (χ0n) is 14.0. The van der Waals surface area contributed by atoms with Gasteiger partial charge in [0.2, 0.25) is 5.91 Å². The summed E-state index contributed by atoms with van der Waals surface area (Å²) in [6, 6.07) is 9.69. The third kappa shape index (κ3) is 3.61. The molecule has 130 valence electrons. The van der Waals surface area contributed by atoms with E-state index in [0.29, 0.717) is 12.8 Å². The third-order valence-corrected chi connectivity index (χ3v) is 5.36. The molecule has 0 spiro atoms. The molecule has 4 atom stereocenters. The highest BCUT2D eigenvalue weighted by Crippen LogP contribution is 2.47. The lowest BCUT2D eigenvalue weighted by molar-refractivity contribution is -0.138. The predicted octanol–water partition coefficient (Wildman–Crippen LogP) is 2.54. The van der Waals surface area contributed by atoms with Crippen molar-refractivity contribution in [3.8, 4) is 0 Å². The lowest BCUT2D eigenvalue weighted by atomic mass is 9.74. The van der Waals surface area contributed by atoms with Crippen molar-refractivity contribution in [2.45, 2.75) is 63.7 Å². The molecule has 3 rings (SSSR count). The molecule has 2 bridgehead atoms. The quantitative estimate of drug-likeness (QED) is 0.805. The van der Waals surface area contributed by atoms with Crippen molar-refractivity contribution in [3.05, 3.63) is 35.9 Å². The Bertz CT molecular complexity index is 603. The summed E-state index contributed by atoms with van der Waals surface area (Å²) in [7, 11) is 0. The van der Waals surface area contributed by atoms with Gasteiger partial charge in [0.05, 0.1) is 17.6 Å². The molecular weight excluding hydrogens is 306 g/mol. The van der Waals surface area contributed by atoms with Crippen molar-refractivity contribution >= 4 is 11.9 Å². The van der Waals surface area contributed by atoms with Crippen LogP contribution in [0, 0.1) is 5.41 Å². The van der Waals surface area contributed by atoms with Crippen LogP contribution in [0.1, 0.15) is 44.6 Å². The van der Waals surface area contributed by atoms with Gasteiger partial charge in [-0.2, -0.15) is 0 Å². The summed E-state index contributed by atoms with van der Waals surface area (Å²) in [6.45, 7) is 1.98. The monoisotopic (exact) mass is 331 g/mol. The van der Waals surface area contributed by atoms with Crippen molar-refractivity contribution in [1.82, 2.24) is 5.32 Å². The second-order valence-corrected chi connectivity index (χ2v) is 7.24. The number of nitrogens with one attached hydrogen (secondary N) is 1. The zero-order valence-corrected chi connectivity index (χ0v) is 14.0. The van der Waals surface area contributed by atoms with Gasteiger partial charge < -0.3 is 15.2 Å². The van der Waals surface area contributed by atoms with Crippen LogP contribution < -0.4 is 5.32 Å². The largest absolute Gasteiger partial charge is 0.481 e. The molecule has 4 unspecified atom stereocenters. The number of fused-ring (bicyclic) bond motifs is 2. The first-order valence-electron chi connectivity index (χ1n) is 8.69.